The first-order valence-electron chi connectivity index (χ1n) is 4.45. The zero-order valence-electron chi connectivity index (χ0n) is 7.87. The summed E-state index contributed by atoms with van der Waals surface area (Å²) in [6.45, 7) is 4.59. The summed E-state index contributed by atoms with van der Waals surface area (Å²) in [5.41, 5.74) is 0.794. The zero-order chi connectivity index (χ0) is 9.84. The highest BCUT2D eigenvalue weighted by molar-refractivity contribution is 5.51. The molecular weight excluding hydrogens is 168 g/mol. The summed E-state index contributed by atoms with van der Waals surface area (Å²) >= 11 is 0. The maximum Gasteiger partial charge on any atom is 0.130 e. The lowest BCUT2D eigenvalue weighted by Crippen LogP contribution is -1.85. The molecular formula is C10H14O3. The molecule has 0 fully saturated rings. The maximum absolute atomic E-state index is 9.27. The first-order valence-corrected chi connectivity index (χ1v) is 4.45. The Labute approximate surface area is 77.6 Å². The smallest absolute Gasteiger partial charge is 0.130 e. The molecule has 0 radical (unpaired) electrons. The Kier molecular flexibility index (Phi) is 3.01. The predicted molar refractivity (Wildman–Crippen MR) is 50.3 cm³/mol. The van der Waals surface area contributed by atoms with Crippen LogP contribution >= 0.6 is 0 Å². The van der Waals surface area contributed by atoms with E-state index in [1.165, 1.54) is 12.1 Å². The van der Waals surface area contributed by atoms with Crippen molar-refractivity contribution in [1.82, 2.24) is 0 Å². The van der Waals surface area contributed by atoms with Crippen LogP contribution < -0.4 is 4.74 Å². The van der Waals surface area contributed by atoms with Crippen LogP contribution in [-0.2, 0) is 6.42 Å². The van der Waals surface area contributed by atoms with Gasteiger partial charge in [0.15, 0.2) is 0 Å². The van der Waals surface area contributed by atoms with Crippen LogP contribution in [0.5, 0.6) is 17.2 Å². The van der Waals surface area contributed by atoms with E-state index in [0.29, 0.717) is 12.4 Å². The van der Waals surface area contributed by atoms with E-state index in [4.69, 9.17) is 9.84 Å². The second kappa shape index (κ2) is 4.03. The van der Waals surface area contributed by atoms with Crippen molar-refractivity contribution in [2.24, 2.45) is 0 Å². The predicted octanol–water partition coefficient (Wildman–Crippen LogP) is 2.06. The Balaban J connectivity index is 0.000000396. The van der Waals surface area contributed by atoms with E-state index in [0.717, 1.165) is 12.0 Å². The van der Waals surface area contributed by atoms with E-state index in [2.05, 4.69) is 0 Å². The van der Waals surface area contributed by atoms with Crippen LogP contribution in [0.2, 0.25) is 0 Å². The molecule has 72 valence electrons. The molecule has 13 heavy (non-hydrogen) atoms. The summed E-state index contributed by atoms with van der Waals surface area (Å²) in [4.78, 5) is 0. The Morgan fingerprint density at radius 3 is 2.62 bits per heavy atom. The summed E-state index contributed by atoms with van der Waals surface area (Å²) in [6.07, 6.45) is 0.724. The van der Waals surface area contributed by atoms with Gasteiger partial charge in [0.05, 0.1) is 6.61 Å². The first-order chi connectivity index (χ1) is 6.27. The van der Waals surface area contributed by atoms with Gasteiger partial charge in [-0.3, -0.25) is 0 Å². The van der Waals surface area contributed by atoms with Gasteiger partial charge in [-0.25, -0.2) is 0 Å². The van der Waals surface area contributed by atoms with Gasteiger partial charge in [-0.05, 0) is 0 Å². The molecule has 3 heteroatoms. The molecule has 0 aromatic heterocycles. The van der Waals surface area contributed by atoms with Crippen molar-refractivity contribution < 1.29 is 14.9 Å². The van der Waals surface area contributed by atoms with E-state index in [1.807, 2.05) is 13.8 Å². The first kappa shape index (κ1) is 9.71. The summed E-state index contributed by atoms with van der Waals surface area (Å²) in [6, 6.07) is 2.84. The Bertz CT molecular complexity index is 294. The van der Waals surface area contributed by atoms with Gasteiger partial charge in [0.2, 0.25) is 0 Å². The molecule has 3 nitrogen and oxygen atoms in total. The van der Waals surface area contributed by atoms with Crippen LogP contribution in [0.15, 0.2) is 12.1 Å². The van der Waals surface area contributed by atoms with Crippen molar-refractivity contribution in [1.29, 1.82) is 0 Å². The van der Waals surface area contributed by atoms with Crippen molar-refractivity contribution in [3.8, 4) is 17.2 Å². The van der Waals surface area contributed by atoms with Crippen LogP contribution in [-0.4, -0.2) is 16.8 Å². The lowest BCUT2D eigenvalue weighted by molar-refractivity contribution is 0.354. The van der Waals surface area contributed by atoms with Crippen molar-refractivity contribution in [3.05, 3.63) is 17.7 Å². The summed E-state index contributed by atoms with van der Waals surface area (Å²) in [5.74, 6) is 0.767. The fraction of sp³-hybridized carbons (Fsp3) is 0.400. The Morgan fingerprint density at radius 2 is 1.92 bits per heavy atom. The van der Waals surface area contributed by atoms with Gasteiger partial charge in [-0.15, -0.1) is 0 Å². The van der Waals surface area contributed by atoms with E-state index in [1.54, 1.807) is 0 Å². The molecule has 2 rings (SSSR count). The molecule has 1 aliphatic rings. The fourth-order valence-electron chi connectivity index (χ4n) is 1.26. The lowest BCUT2D eigenvalue weighted by atomic mass is 10.1. The number of phenols is 2. The molecule has 0 unspecified atom stereocenters. The van der Waals surface area contributed by atoms with Gasteiger partial charge in [-0.2, -0.15) is 0 Å². The summed E-state index contributed by atoms with van der Waals surface area (Å²) < 4.78 is 5.14. The van der Waals surface area contributed by atoms with Crippen molar-refractivity contribution >= 4 is 0 Å². The monoisotopic (exact) mass is 182 g/mol. The lowest BCUT2D eigenvalue weighted by Gasteiger charge is -2.01. The van der Waals surface area contributed by atoms with Gasteiger partial charge in [0.25, 0.3) is 0 Å². The van der Waals surface area contributed by atoms with Crippen LogP contribution in [0, 0.1) is 0 Å². The number of benzene rings is 1. The molecule has 1 heterocycles. The third kappa shape index (κ3) is 1.86. The van der Waals surface area contributed by atoms with Crippen molar-refractivity contribution in [2.45, 2.75) is 20.3 Å². The summed E-state index contributed by atoms with van der Waals surface area (Å²) in [5, 5.41) is 18.3. The quantitative estimate of drug-likeness (QED) is 0.645. The van der Waals surface area contributed by atoms with E-state index < -0.39 is 0 Å². The largest absolute Gasteiger partial charge is 0.508 e. The van der Waals surface area contributed by atoms with Crippen LogP contribution in [0.1, 0.15) is 19.4 Å². The van der Waals surface area contributed by atoms with Gasteiger partial charge < -0.3 is 14.9 Å². The minimum atomic E-state index is 0.0446. The topological polar surface area (TPSA) is 49.7 Å². The standard InChI is InChI=1S/C8H8O3.C2H6/c9-5-3-7(10)6-1-2-11-8(6)4-5;1-2/h3-4,9-10H,1-2H2;1-2H3. The number of phenolic OH excluding ortho intramolecular Hbond substituents is 2. The highest BCUT2D eigenvalue weighted by Crippen LogP contribution is 2.36. The minimum Gasteiger partial charge on any atom is -0.508 e. The zero-order valence-corrected chi connectivity index (χ0v) is 7.87. The Morgan fingerprint density at radius 1 is 1.23 bits per heavy atom. The van der Waals surface area contributed by atoms with Crippen LogP contribution in [0.3, 0.4) is 0 Å². The maximum atomic E-state index is 9.27. The van der Waals surface area contributed by atoms with Gasteiger partial charge >= 0.3 is 0 Å². The van der Waals surface area contributed by atoms with E-state index >= 15 is 0 Å². The minimum absolute atomic E-state index is 0.0446. The third-order valence-electron chi connectivity index (χ3n) is 1.78. The molecule has 1 aliphatic heterocycles. The van der Waals surface area contributed by atoms with Crippen LogP contribution in [0.4, 0.5) is 0 Å². The number of hydrogen-bond acceptors (Lipinski definition) is 3. The normalized spacial score (nSPS) is 12.5. The molecule has 0 amide bonds. The van der Waals surface area contributed by atoms with Gasteiger partial charge in [0, 0.05) is 24.1 Å². The highest BCUT2D eigenvalue weighted by Gasteiger charge is 2.16. The third-order valence-corrected chi connectivity index (χ3v) is 1.78. The second-order valence-electron chi connectivity index (χ2n) is 2.54. The molecule has 0 aliphatic carbocycles. The molecule has 0 saturated heterocycles. The molecule has 0 bridgehead atoms. The SMILES string of the molecule is CC.Oc1cc(O)c2c(c1)OCC2. The number of aromatic hydroxyl groups is 2. The average molecular weight is 182 g/mol. The molecule has 2 N–H and O–H groups in total. The highest BCUT2D eigenvalue weighted by atomic mass is 16.5. The van der Waals surface area contributed by atoms with Gasteiger partial charge in [-0.1, -0.05) is 13.8 Å². The Hall–Kier alpha value is -1.38. The molecule has 1 aromatic carbocycles. The number of rotatable bonds is 0. The van der Waals surface area contributed by atoms with Crippen LogP contribution in [0.25, 0.3) is 0 Å². The number of hydrogen-bond donors (Lipinski definition) is 2. The van der Waals surface area contributed by atoms with E-state index in [-0.39, 0.29) is 11.5 Å². The number of ether oxygens (including phenoxy) is 1. The average Bonchev–Trinajstić information content (AvgIpc) is 2.55. The second-order valence-corrected chi connectivity index (χ2v) is 2.54. The summed E-state index contributed by atoms with van der Waals surface area (Å²) in [7, 11) is 0. The molecule has 0 spiro atoms. The van der Waals surface area contributed by atoms with Gasteiger partial charge in [0.1, 0.15) is 17.2 Å². The molecule has 1 aromatic rings. The number of fused-ring (bicyclic) bond motifs is 1. The molecule has 0 atom stereocenters. The van der Waals surface area contributed by atoms with Crippen molar-refractivity contribution in [3.63, 3.8) is 0 Å². The van der Waals surface area contributed by atoms with Crippen molar-refractivity contribution in [2.75, 3.05) is 6.61 Å². The van der Waals surface area contributed by atoms with E-state index in [9.17, 15) is 5.11 Å². The molecule has 0 saturated carbocycles. The fourth-order valence-corrected chi connectivity index (χ4v) is 1.26.